The predicted octanol–water partition coefficient (Wildman–Crippen LogP) is 3.58. The summed E-state index contributed by atoms with van der Waals surface area (Å²) in [6.45, 7) is 8.04. The number of benzene rings is 1. The average molecular weight is 276 g/mol. The molecule has 0 aliphatic rings. The molecule has 3 nitrogen and oxygen atoms in total. The first-order valence-corrected chi connectivity index (χ1v) is 6.98. The molecule has 2 aromatic rings. The Labute approximate surface area is 119 Å². The molecule has 0 saturated heterocycles. The maximum absolute atomic E-state index is 13.8. The Bertz CT molecular complexity index is 563. The lowest BCUT2D eigenvalue weighted by molar-refractivity contribution is 0.480. The molecule has 0 fully saturated rings. The minimum atomic E-state index is -0.281. The maximum atomic E-state index is 13.8. The highest BCUT2D eigenvalue weighted by atomic mass is 19.1. The zero-order valence-corrected chi connectivity index (χ0v) is 12.2. The van der Waals surface area contributed by atoms with Gasteiger partial charge in [-0.15, -0.1) is 0 Å². The standard InChI is InChI=1S/C16H21FN2O/c1-11(2)9-18-7-6-16-19-10-15(20-16)13-8-12(3)4-5-14(13)17/h4-5,8,10-11,18H,6-7,9H2,1-3H3. The third-order valence-corrected chi connectivity index (χ3v) is 3.01. The van der Waals surface area contributed by atoms with Gasteiger partial charge in [0.15, 0.2) is 11.7 Å². The van der Waals surface area contributed by atoms with Crippen LogP contribution in [0, 0.1) is 18.7 Å². The summed E-state index contributed by atoms with van der Waals surface area (Å²) in [6.07, 6.45) is 2.30. The van der Waals surface area contributed by atoms with Crippen molar-refractivity contribution < 1.29 is 8.81 Å². The van der Waals surface area contributed by atoms with Crippen LogP contribution in [0.3, 0.4) is 0 Å². The summed E-state index contributed by atoms with van der Waals surface area (Å²) in [7, 11) is 0. The number of halogens is 1. The van der Waals surface area contributed by atoms with Gasteiger partial charge >= 0.3 is 0 Å². The van der Waals surface area contributed by atoms with Crippen LogP contribution in [0.15, 0.2) is 28.8 Å². The Morgan fingerprint density at radius 3 is 2.90 bits per heavy atom. The van der Waals surface area contributed by atoms with Crippen LogP contribution in [-0.4, -0.2) is 18.1 Å². The molecule has 20 heavy (non-hydrogen) atoms. The van der Waals surface area contributed by atoms with Gasteiger partial charge in [-0.25, -0.2) is 9.37 Å². The van der Waals surface area contributed by atoms with E-state index in [2.05, 4.69) is 24.1 Å². The Hall–Kier alpha value is -1.68. The minimum absolute atomic E-state index is 0.281. The van der Waals surface area contributed by atoms with Gasteiger partial charge < -0.3 is 9.73 Å². The van der Waals surface area contributed by atoms with Gasteiger partial charge in [0.05, 0.1) is 11.8 Å². The molecule has 1 N–H and O–H groups in total. The number of nitrogens with zero attached hydrogens (tertiary/aromatic N) is 1. The molecule has 0 spiro atoms. The average Bonchev–Trinajstić information content (AvgIpc) is 2.86. The zero-order valence-electron chi connectivity index (χ0n) is 12.2. The van der Waals surface area contributed by atoms with Gasteiger partial charge in [-0.2, -0.15) is 0 Å². The van der Waals surface area contributed by atoms with Crippen molar-refractivity contribution in [1.82, 2.24) is 10.3 Å². The minimum Gasteiger partial charge on any atom is -0.441 e. The van der Waals surface area contributed by atoms with Crippen LogP contribution in [0.2, 0.25) is 0 Å². The zero-order chi connectivity index (χ0) is 14.5. The lowest BCUT2D eigenvalue weighted by atomic mass is 10.1. The van der Waals surface area contributed by atoms with Crippen LogP contribution >= 0.6 is 0 Å². The Kier molecular flexibility index (Phi) is 4.90. The second kappa shape index (κ2) is 6.66. The fraction of sp³-hybridized carbons (Fsp3) is 0.438. The van der Waals surface area contributed by atoms with Gasteiger partial charge in [0, 0.05) is 13.0 Å². The van der Waals surface area contributed by atoms with Crippen LogP contribution in [-0.2, 0) is 6.42 Å². The normalized spacial score (nSPS) is 11.2. The van der Waals surface area contributed by atoms with E-state index in [0.717, 1.165) is 18.7 Å². The molecule has 0 atom stereocenters. The third-order valence-electron chi connectivity index (χ3n) is 3.01. The van der Waals surface area contributed by atoms with Gasteiger partial charge in [-0.05, 0) is 31.5 Å². The molecule has 0 amide bonds. The van der Waals surface area contributed by atoms with Crippen molar-refractivity contribution in [3.8, 4) is 11.3 Å². The Morgan fingerprint density at radius 2 is 2.15 bits per heavy atom. The number of oxazole rings is 1. The van der Waals surface area contributed by atoms with E-state index in [0.29, 0.717) is 29.6 Å². The molecule has 1 aromatic carbocycles. The number of rotatable bonds is 6. The topological polar surface area (TPSA) is 38.1 Å². The van der Waals surface area contributed by atoms with E-state index >= 15 is 0 Å². The maximum Gasteiger partial charge on any atom is 0.196 e. The summed E-state index contributed by atoms with van der Waals surface area (Å²) in [5.74, 6) is 1.47. The number of hydrogen-bond donors (Lipinski definition) is 1. The first kappa shape index (κ1) is 14.7. The van der Waals surface area contributed by atoms with Crippen molar-refractivity contribution >= 4 is 0 Å². The van der Waals surface area contributed by atoms with Gasteiger partial charge in [-0.3, -0.25) is 0 Å². The van der Waals surface area contributed by atoms with Crippen molar-refractivity contribution in [1.29, 1.82) is 0 Å². The summed E-state index contributed by atoms with van der Waals surface area (Å²) >= 11 is 0. The smallest absolute Gasteiger partial charge is 0.196 e. The van der Waals surface area contributed by atoms with Gasteiger partial charge in [0.2, 0.25) is 0 Å². The van der Waals surface area contributed by atoms with Crippen molar-refractivity contribution in [2.24, 2.45) is 5.92 Å². The van der Waals surface area contributed by atoms with Crippen LogP contribution in [0.4, 0.5) is 4.39 Å². The molecule has 0 aliphatic carbocycles. The second-order valence-corrected chi connectivity index (χ2v) is 5.45. The van der Waals surface area contributed by atoms with E-state index in [1.807, 2.05) is 6.92 Å². The summed E-state index contributed by atoms with van der Waals surface area (Å²) in [4.78, 5) is 4.21. The summed E-state index contributed by atoms with van der Waals surface area (Å²) in [5, 5.41) is 3.33. The summed E-state index contributed by atoms with van der Waals surface area (Å²) in [5.41, 5.74) is 1.47. The van der Waals surface area contributed by atoms with Crippen LogP contribution in [0.1, 0.15) is 25.3 Å². The molecular formula is C16H21FN2O. The van der Waals surface area contributed by atoms with Gasteiger partial charge in [-0.1, -0.05) is 25.5 Å². The lowest BCUT2D eigenvalue weighted by Crippen LogP contribution is -2.22. The first-order chi connectivity index (χ1) is 9.56. The number of aromatic nitrogens is 1. The van der Waals surface area contributed by atoms with Crippen LogP contribution < -0.4 is 5.32 Å². The number of nitrogens with one attached hydrogen (secondary N) is 1. The molecule has 0 aliphatic heterocycles. The van der Waals surface area contributed by atoms with E-state index in [1.54, 1.807) is 18.3 Å². The molecule has 0 unspecified atom stereocenters. The van der Waals surface area contributed by atoms with E-state index in [-0.39, 0.29) is 5.82 Å². The highest BCUT2D eigenvalue weighted by Crippen LogP contribution is 2.24. The molecule has 108 valence electrons. The first-order valence-electron chi connectivity index (χ1n) is 6.98. The quantitative estimate of drug-likeness (QED) is 0.820. The molecule has 1 aromatic heterocycles. The van der Waals surface area contributed by atoms with Crippen molar-refractivity contribution in [2.75, 3.05) is 13.1 Å². The monoisotopic (exact) mass is 276 g/mol. The number of aryl methyl sites for hydroxylation is 1. The molecule has 0 radical (unpaired) electrons. The SMILES string of the molecule is Cc1ccc(F)c(-c2cnc(CCNCC(C)C)o2)c1. The van der Waals surface area contributed by atoms with E-state index in [9.17, 15) is 4.39 Å². The number of hydrogen-bond acceptors (Lipinski definition) is 3. The molecular weight excluding hydrogens is 255 g/mol. The predicted molar refractivity (Wildman–Crippen MR) is 78.0 cm³/mol. The van der Waals surface area contributed by atoms with Crippen molar-refractivity contribution in [3.63, 3.8) is 0 Å². The van der Waals surface area contributed by atoms with Crippen LogP contribution in [0.25, 0.3) is 11.3 Å². The fourth-order valence-corrected chi connectivity index (χ4v) is 1.96. The van der Waals surface area contributed by atoms with E-state index in [4.69, 9.17) is 4.42 Å². The summed E-state index contributed by atoms with van der Waals surface area (Å²) < 4.78 is 19.4. The third kappa shape index (κ3) is 3.90. The largest absolute Gasteiger partial charge is 0.441 e. The van der Waals surface area contributed by atoms with Crippen LogP contribution in [0.5, 0.6) is 0 Å². The molecule has 0 bridgehead atoms. The molecule has 0 saturated carbocycles. The fourth-order valence-electron chi connectivity index (χ4n) is 1.96. The Balaban J connectivity index is 2.00. The van der Waals surface area contributed by atoms with Gasteiger partial charge in [0.1, 0.15) is 5.82 Å². The molecule has 1 heterocycles. The van der Waals surface area contributed by atoms with E-state index < -0.39 is 0 Å². The van der Waals surface area contributed by atoms with Crippen molar-refractivity contribution in [2.45, 2.75) is 27.2 Å². The highest BCUT2D eigenvalue weighted by molar-refractivity contribution is 5.58. The molecule has 4 heteroatoms. The molecule has 2 rings (SSSR count). The Morgan fingerprint density at radius 1 is 1.35 bits per heavy atom. The van der Waals surface area contributed by atoms with Crippen molar-refractivity contribution in [3.05, 3.63) is 41.7 Å². The van der Waals surface area contributed by atoms with Gasteiger partial charge in [0.25, 0.3) is 0 Å². The summed E-state index contributed by atoms with van der Waals surface area (Å²) in [6, 6.07) is 4.97. The lowest BCUT2D eigenvalue weighted by Gasteiger charge is -2.05. The highest BCUT2D eigenvalue weighted by Gasteiger charge is 2.11. The second-order valence-electron chi connectivity index (χ2n) is 5.45. The van der Waals surface area contributed by atoms with E-state index in [1.165, 1.54) is 6.07 Å².